The first-order chi connectivity index (χ1) is 13.5. The number of amides is 1. The van der Waals surface area contributed by atoms with Gasteiger partial charge in [-0.2, -0.15) is 0 Å². The summed E-state index contributed by atoms with van der Waals surface area (Å²) in [5, 5.41) is 11.8. The molecule has 3 aromatic rings. The molecule has 0 spiro atoms. The monoisotopic (exact) mass is 413 g/mol. The molecule has 1 aromatic heterocycles. The molecule has 28 heavy (non-hydrogen) atoms. The largest absolute Gasteiger partial charge is 0.507 e. The van der Waals surface area contributed by atoms with Crippen molar-refractivity contribution >= 4 is 46.3 Å². The zero-order valence-electron chi connectivity index (χ0n) is 14.3. The number of aliphatic hydroxyl groups is 1. The molecule has 4 rings (SSSR count). The topological polar surface area (TPSA) is 70.8 Å². The number of carbonyl (C=O) groups is 2. The van der Waals surface area contributed by atoms with E-state index in [1.165, 1.54) is 17.2 Å². The number of hydrogen-bond acceptors (Lipinski definition) is 4. The van der Waals surface area contributed by atoms with Crippen LogP contribution in [0.5, 0.6) is 0 Å². The van der Waals surface area contributed by atoms with Crippen molar-refractivity contribution in [2.75, 3.05) is 4.90 Å². The minimum Gasteiger partial charge on any atom is -0.507 e. The van der Waals surface area contributed by atoms with Crippen LogP contribution in [0.3, 0.4) is 0 Å². The van der Waals surface area contributed by atoms with Crippen LogP contribution < -0.4 is 4.90 Å². The Morgan fingerprint density at radius 2 is 1.71 bits per heavy atom. The minimum atomic E-state index is -0.921. The molecule has 0 radical (unpaired) electrons. The van der Waals surface area contributed by atoms with Crippen molar-refractivity contribution in [3.63, 3.8) is 0 Å². The zero-order chi connectivity index (χ0) is 19.8. The summed E-state index contributed by atoms with van der Waals surface area (Å²) in [5.41, 5.74) is 0.716. The molecule has 7 heteroatoms. The van der Waals surface area contributed by atoms with Gasteiger partial charge >= 0.3 is 0 Å². The molecule has 1 saturated heterocycles. The van der Waals surface area contributed by atoms with Crippen LogP contribution in [0.2, 0.25) is 10.0 Å². The maximum Gasteiger partial charge on any atom is 0.300 e. The lowest BCUT2D eigenvalue weighted by atomic mass is 9.99. The van der Waals surface area contributed by atoms with E-state index < -0.39 is 17.7 Å². The summed E-state index contributed by atoms with van der Waals surface area (Å²) in [6.07, 6.45) is 1.44. The molecule has 2 heterocycles. The molecule has 0 aliphatic carbocycles. The first kappa shape index (κ1) is 18.3. The Morgan fingerprint density at radius 1 is 0.964 bits per heavy atom. The summed E-state index contributed by atoms with van der Waals surface area (Å²) in [7, 11) is 0. The van der Waals surface area contributed by atoms with Gasteiger partial charge in [0.25, 0.3) is 11.7 Å². The number of aliphatic hydroxyl groups excluding tert-OH is 1. The average Bonchev–Trinajstić information content (AvgIpc) is 3.30. The second-order valence-corrected chi connectivity index (χ2v) is 7.04. The molecule has 140 valence electrons. The van der Waals surface area contributed by atoms with Crippen molar-refractivity contribution in [3.05, 3.63) is 93.9 Å². The van der Waals surface area contributed by atoms with Gasteiger partial charge < -0.3 is 9.52 Å². The lowest BCUT2D eigenvalue weighted by Gasteiger charge is -2.23. The van der Waals surface area contributed by atoms with Gasteiger partial charge in [-0.25, -0.2) is 0 Å². The maximum absolute atomic E-state index is 12.9. The summed E-state index contributed by atoms with van der Waals surface area (Å²) in [4.78, 5) is 27.0. The Labute approximate surface area is 170 Å². The van der Waals surface area contributed by atoms with Crippen LogP contribution in [0.4, 0.5) is 5.69 Å². The second-order valence-electron chi connectivity index (χ2n) is 6.17. The van der Waals surface area contributed by atoms with Crippen LogP contribution in [0.1, 0.15) is 17.4 Å². The molecule has 1 amide bonds. The number of Topliss-reactive ketones (excluding diaryl/α,β-unsaturated/α-hetero) is 1. The number of ketones is 1. The van der Waals surface area contributed by atoms with Gasteiger partial charge in [0, 0.05) is 21.3 Å². The summed E-state index contributed by atoms with van der Waals surface area (Å²) in [6, 6.07) is 15.3. The molecule has 1 atom stereocenters. The smallest absolute Gasteiger partial charge is 0.300 e. The standard InChI is InChI=1S/C21H13Cl2NO4/c22-13-6-8-15(9-7-13)24-18(16-5-2-10-28-16)17(20(26)21(24)27)19(25)12-3-1-4-14(23)11-12/h1-11,18,25H/b19-17-. The van der Waals surface area contributed by atoms with Gasteiger partial charge in [0.15, 0.2) is 0 Å². The fraction of sp³-hybridized carbons (Fsp3) is 0.0476. The highest BCUT2D eigenvalue weighted by molar-refractivity contribution is 6.51. The first-order valence-electron chi connectivity index (χ1n) is 8.33. The summed E-state index contributed by atoms with van der Waals surface area (Å²) >= 11 is 12.0. The van der Waals surface area contributed by atoms with Crippen LogP contribution in [-0.4, -0.2) is 16.8 Å². The van der Waals surface area contributed by atoms with Gasteiger partial charge in [0.05, 0.1) is 11.8 Å². The van der Waals surface area contributed by atoms with E-state index in [1.807, 2.05) is 0 Å². The van der Waals surface area contributed by atoms with E-state index in [9.17, 15) is 14.7 Å². The fourth-order valence-corrected chi connectivity index (χ4v) is 3.52. The lowest BCUT2D eigenvalue weighted by molar-refractivity contribution is -0.132. The van der Waals surface area contributed by atoms with E-state index in [1.54, 1.807) is 54.6 Å². The number of furan rings is 1. The molecular weight excluding hydrogens is 401 g/mol. The van der Waals surface area contributed by atoms with Crippen molar-refractivity contribution in [3.8, 4) is 0 Å². The van der Waals surface area contributed by atoms with Crippen molar-refractivity contribution < 1.29 is 19.1 Å². The Morgan fingerprint density at radius 3 is 2.36 bits per heavy atom. The SMILES string of the molecule is O=C1C(=O)N(c2ccc(Cl)cc2)C(c2ccco2)/C1=C(/O)c1cccc(Cl)c1. The predicted octanol–water partition coefficient (Wildman–Crippen LogP) is 5.21. The van der Waals surface area contributed by atoms with Gasteiger partial charge in [0.2, 0.25) is 0 Å². The number of nitrogens with zero attached hydrogens (tertiary/aromatic N) is 1. The quantitative estimate of drug-likeness (QED) is 0.363. The number of carbonyl (C=O) groups excluding carboxylic acids is 2. The molecule has 2 aromatic carbocycles. The summed E-state index contributed by atoms with van der Waals surface area (Å²) in [5.74, 6) is -1.56. The van der Waals surface area contributed by atoms with Crippen molar-refractivity contribution in [2.45, 2.75) is 6.04 Å². The van der Waals surface area contributed by atoms with Crippen LogP contribution in [0, 0.1) is 0 Å². The van der Waals surface area contributed by atoms with Gasteiger partial charge in [-0.3, -0.25) is 14.5 Å². The normalized spacial score (nSPS) is 18.6. The van der Waals surface area contributed by atoms with Crippen molar-refractivity contribution in [1.29, 1.82) is 0 Å². The Bertz CT molecular complexity index is 1090. The van der Waals surface area contributed by atoms with E-state index in [0.29, 0.717) is 27.1 Å². The van der Waals surface area contributed by atoms with E-state index in [0.717, 1.165) is 0 Å². The molecule has 1 N–H and O–H groups in total. The average molecular weight is 414 g/mol. The van der Waals surface area contributed by atoms with E-state index in [-0.39, 0.29) is 11.3 Å². The van der Waals surface area contributed by atoms with Gasteiger partial charge in [-0.05, 0) is 48.5 Å². The Hall–Kier alpha value is -3.02. The molecule has 1 unspecified atom stereocenters. The molecule has 1 fully saturated rings. The Kier molecular flexibility index (Phi) is 4.71. The Balaban J connectivity index is 1.93. The van der Waals surface area contributed by atoms with Gasteiger partial charge in [-0.1, -0.05) is 35.3 Å². The van der Waals surface area contributed by atoms with E-state index in [4.69, 9.17) is 27.6 Å². The number of rotatable bonds is 3. The van der Waals surface area contributed by atoms with E-state index >= 15 is 0 Å². The predicted molar refractivity (Wildman–Crippen MR) is 106 cm³/mol. The lowest BCUT2D eigenvalue weighted by Crippen LogP contribution is -2.29. The van der Waals surface area contributed by atoms with Crippen LogP contribution in [0.25, 0.3) is 5.76 Å². The van der Waals surface area contributed by atoms with Crippen LogP contribution in [0.15, 0.2) is 76.9 Å². The third kappa shape index (κ3) is 3.09. The summed E-state index contributed by atoms with van der Waals surface area (Å²) < 4.78 is 5.49. The van der Waals surface area contributed by atoms with Crippen LogP contribution in [-0.2, 0) is 9.59 Å². The summed E-state index contributed by atoms with van der Waals surface area (Å²) in [6.45, 7) is 0. The first-order valence-corrected chi connectivity index (χ1v) is 9.09. The highest BCUT2D eigenvalue weighted by Crippen LogP contribution is 2.42. The third-order valence-electron chi connectivity index (χ3n) is 4.46. The van der Waals surface area contributed by atoms with Gasteiger partial charge in [0.1, 0.15) is 17.6 Å². The molecule has 0 saturated carbocycles. The molecule has 1 aliphatic rings. The number of benzene rings is 2. The highest BCUT2D eigenvalue weighted by Gasteiger charge is 2.48. The molecule has 0 bridgehead atoms. The van der Waals surface area contributed by atoms with Crippen LogP contribution >= 0.6 is 23.2 Å². The fourth-order valence-electron chi connectivity index (χ4n) is 3.21. The molecule has 1 aliphatic heterocycles. The number of anilines is 1. The zero-order valence-corrected chi connectivity index (χ0v) is 15.8. The number of halogens is 2. The minimum absolute atomic E-state index is 0.0721. The van der Waals surface area contributed by atoms with E-state index in [2.05, 4.69) is 0 Å². The highest BCUT2D eigenvalue weighted by atomic mass is 35.5. The van der Waals surface area contributed by atoms with Crippen molar-refractivity contribution in [2.24, 2.45) is 0 Å². The number of hydrogen-bond donors (Lipinski definition) is 1. The molecule has 5 nitrogen and oxygen atoms in total. The van der Waals surface area contributed by atoms with Gasteiger partial charge in [-0.15, -0.1) is 0 Å². The maximum atomic E-state index is 12.9. The second kappa shape index (κ2) is 7.19. The third-order valence-corrected chi connectivity index (χ3v) is 4.95. The molecular formula is C21H13Cl2NO4. The van der Waals surface area contributed by atoms with Crippen molar-refractivity contribution in [1.82, 2.24) is 0 Å².